The first-order valence-electron chi connectivity index (χ1n) is 4.97. The van der Waals surface area contributed by atoms with Gasteiger partial charge in [0.05, 0.1) is 12.7 Å². The van der Waals surface area contributed by atoms with Gasteiger partial charge in [-0.15, -0.1) is 0 Å². The van der Waals surface area contributed by atoms with E-state index in [1.165, 1.54) is 6.26 Å². The molecule has 0 saturated heterocycles. The highest BCUT2D eigenvalue weighted by molar-refractivity contribution is 5.69. The molecule has 5 nitrogen and oxygen atoms in total. The van der Waals surface area contributed by atoms with Crippen molar-refractivity contribution in [2.24, 2.45) is 0 Å². The second-order valence-electron chi connectivity index (χ2n) is 3.59. The lowest BCUT2D eigenvalue weighted by Crippen LogP contribution is -2.36. The number of carboxylic acid groups (broad SMARTS) is 1. The van der Waals surface area contributed by atoms with E-state index >= 15 is 0 Å². The fourth-order valence-electron chi connectivity index (χ4n) is 1.34. The maximum absolute atomic E-state index is 10.7. The van der Waals surface area contributed by atoms with Gasteiger partial charge in [-0.2, -0.15) is 0 Å². The molecule has 0 aliphatic heterocycles. The van der Waals surface area contributed by atoms with Gasteiger partial charge < -0.3 is 9.63 Å². The van der Waals surface area contributed by atoms with Gasteiger partial charge in [0.15, 0.2) is 0 Å². The van der Waals surface area contributed by atoms with Crippen LogP contribution in [-0.2, 0) is 11.3 Å². The van der Waals surface area contributed by atoms with Gasteiger partial charge >= 0.3 is 5.97 Å². The third-order valence-electron chi connectivity index (χ3n) is 2.42. The molecule has 0 spiro atoms. The first-order chi connectivity index (χ1) is 7.13. The van der Waals surface area contributed by atoms with E-state index in [2.05, 4.69) is 5.16 Å². The molecule has 0 amide bonds. The van der Waals surface area contributed by atoms with E-state index < -0.39 is 5.97 Å². The molecular formula is C10H16N2O3. The molecule has 0 bridgehead atoms. The van der Waals surface area contributed by atoms with Crippen molar-refractivity contribution in [2.45, 2.75) is 32.9 Å². The number of carboxylic acids is 1. The van der Waals surface area contributed by atoms with Gasteiger partial charge in [-0.05, 0) is 13.3 Å². The second kappa shape index (κ2) is 5.50. The molecule has 0 aliphatic rings. The average molecular weight is 212 g/mol. The van der Waals surface area contributed by atoms with Crippen molar-refractivity contribution >= 4 is 5.97 Å². The third-order valence-corrected chi connectivity index (χ3v) is 2.42. The van der Waals surface area contributed by atoms with E-state index in [0.717, 1.165) is 12.0 Å². The molecule has 0 aliphatic carbocycles. The predicted molar refractivity (Wildman–Crippen MR) is 54.3 cm³/mol. The highest BCUT2D eigenvalue weighted by atomic mass is 16.5. The summed E-state index contributed by atoms with van der Waals surface area (Å²) in [7, 11) is 0. The lowest BCUT2D eigenvalue weighted by atomic mass is 10.2. The Labute approximate surface area is 88.7 Å². The first-order valence-corrected chi connectivity index (χ1v) is 4.97. The lowest BCUT2D eigenvalue weighted by Gasteiger charge is -2.25. The zero-order chi connectivity index (χ0) is 11.3. The van der Waals surface area contributed by atoms with Crippen LogP contribution in [0.5, 0.6) is 0 Å². The molecule has 1 aromatic heterocycles. The zero-order valence-electron chi connectivity index (χ0n) is 9.01. The fraction of sp³-hybridized carbons (Fsp3) is 0.600. The van der Waals surface area contributed by atoms with Crippen molar-refractivity contribution in [2.75, 3.05) is 6.54 Å². The van der Waals surface area contributed by atoms with E-state index in [9.17, 15) is 4.79 Å². The van der Waals surface area contributed by atoms with Gasteiger partial charge in [0.25, 0.3) is 0 Å². The number of hydrogen-bond donors (Lipinski definition) is 1. The summed E-state index contributed by atoms with van der Waals surface area (Å²) in [5.41, 5.74) is 0.900. The quantitative estimate of drug-likeness (QED) is 0.771. The Hall–Kier alpha value is -1.36. The largest absolute Gasteiger partial charge is 0.480 e. The Balaban J connectivity index is 2.60. The van der Waals surface area contributed by atoms with Crippen LogP contribution < -0.4 is 0 Å². The molecule has 0 aromatic carbocycles. The van der Waals surface area contributed by atoms with E-state index in [0.29, 0.717) is 6.54 Å². The molecule has 5 heteroatoms. The van der Waals surface area contributed by atoms with Crippen LogP contribution >= 0.6 is 0 Å². The predicted octanol–water partition coefficient (Wildman–Crippen LogP) is 1.36. The summed E-state index contributed by atoms with van der Waals surface area (Å²) in [5.74, 6) is -0.813. The van der Waals surface area contributed by atoms with Crippen LogP contribution in [0.3, 0.4) is 0 Å². The van der Waals surface area contributed by atoms with Crippen LogP contribution in [0.15, 0.2) is 17.0 Å². The number of rotatable bonds is 6. The summed E-state index contributed by atoms with van der Waals surface area (Å²) >= 11 is 0. The van der Waals surface area contributed by atoms with E-state index in [-0.39, 0.29) is 12.6 Å². The molecule has 1 heterocycles. The van der Waals surface area contributed by atoms with Crippen LogP contribution in [-0.4, -0.2) is 33.7 Å². The van der Waals surface area contributed by atoms with Gasteiger partial charge in [-0.3, -0.25) is 9.69 Å². The van der Waals surface area contributed by atoms with Crippen LogP contribution in [0, 0.1) is 0 Å². The minimum Gasteiger partial charge on any atom is -0.480 e. The first kappa shape index (κ1) is 11.7. The molecule has 1 N–H and O–H groups in total. The van der Waals surface area contributed by atoms with Gasteiger partial charge in [-0.1, -0.05) is 12.1 Å². The van der Waals surface area contributed by atoms with E-state index in [1.54, 1.807) is 6.20 Å². The van der Waals surface area contributed by atoms with Crippen molar-refractivity contribution in [3.63, 3.8) is 0 Å². The van der Waals surface area contributed by atoms with Gasteiger partial charge in [-0.25, -0.2) is 0 Å². The SMILES string of the molecule is CCC(C)N(CC(=O)O)Cc1cnoc1. The minimum absolute atomic E-state index is 0.0419. The summed E-state index contributed by atoms with van der Waals surface area (Å²) in [5, 5.41) is 12.4. The molecule has 84 valence electrons. The highest BCUT2D eigenvalue weighted by Crippen LogP contribution is 2.09. The monoisotopic (exact) mass is 212 g/mol. The Bertz CT molecular complexity index is 298. The average Bonchev–Trinajstić information content (AvgIpc) is 2.67. The summed E-state index contributed by atoms with van der Waals surface area (Å²) in [4.78, 5) is 12.6. The Morgan fingerprint density at radius 3 is 2.93 bits per heavy atom. The van der Waals surface area contributed by atoms with Crippen molar-refractivity contribution < 1.29 is 14.4 Å². The van der Waals surface area contributed by atoms with Crippen LogP contribution in [0.25, 0.3) is 0 Å². The Kier molecular flexibility index (Phi) is 4.30. The third kappa shape index (κ3) is 3.71. The molecule has 0 fully saturated rings. The molecule has 0 radical (unpaired) electrons. The molecule has 1 atom stereocenters. The number of hydrogen-bond acceptors (Lipinski definition) is 4. The minimum atomic E-state index is -0.813. The lowest BCUT2D eigenvalue weighted by molar-refractivity contribution is -0.139. The number of nitrogens with zero attached hydrogens (tertiary/aromatic N) is 2. The van der Waals surface area contributed by atoms with E-state index in [1.807, 2.05) is 18.7 Å². The van der Waals surface area contributed by atoms with E-state index in [4.69, 9.17) is 9.63 Å². The number of carbonyl (C=O) groups is 1. The maximum Gasteiger partial charge on any atom is 0.317 e. The van der Waals surface area contributed by atoms with Gasteiger partial charge in [0, 0.05) is 18.2 Å². The summed E-state index contributed by atoms with van der Waals surface area (Å²) in [6.45, 7) is 4.65. The van der Waals surface area contributed by atoms with Crippen molar-refractivity contribution in [1.29, 1.82) is 0 Å². The summed E-state index contributed by atoms with van der Waals surface area (Å²) < 4.78 is 4.71. The second-order valence-corrected chi connectivity index (χ2v) is 3.59. The van der Waals surface area contributed by atoms with Crippen molar-refractivity contribution in [1.82, 2.24) is 10.1 Å². The molecule has 0 saturated carbocycles. The standard InChI is InChI=1S/C10H16N2O3/c1-3-8(2)12(6-10(13)14)5-9-4-11-15-7-9/h4,7-8H,3,5-6H2,1-2H3,(H,13,14). The van der Waals surface area contributed by atoms with Crippen molar-refractivity contribution in [3.05, 3.63) is 18.0 Å². The number of aromatic nitrogens is 1. The van der Waals surface area contributed by atoms with Crippen LogP contribution in [0.1, 0.15) is 25.8 Å². The summed E-state index contributed by atoms with van der Waals surface area (Å²) in [6, 6.07) is 0.232. The molecule has 1 unspecified atom stereocenters. The maximum atomic E-state index is 10.7. The highest BCUT2D eigenvalue weighted by Gasteiger charge is 2.16. The van der Waals surface area contributed by atoms with Crippen LogP contribution in [0.4, 0.5) is 0 Å². The molecule has 1 aromatic rings. The Morgan fingerprint density at radius 1 is 1.73 bits per heavy atom. The zero-order valence-corrected chi connectivity index (χ0v) is 9.01. The van der Waals surface area contributed by atoms with Gasteiger partial charge in [0.2, 0.25) is 0 Å². The normalized spacial score (nSPS) is 13.0. The molecule has 1 rings (SSSR count). The van der Waals surface area contributed by atoms with Crippen LogP contribution in [0.2, 0.25) is 0 Å². The van der Waals surface area contributed by atoms with Crippen molar-refractivity contribution in [3.8, 4) is 0 Å². The number of aliphatic carboxylic acids is 1. The topological polar surface area (TPSA) is 66.6 Å². The fourth-order valence-corrected chi connectivity index (χ4v) is 1.34. The van der Waals surface area contributed by atoms with Gasteiger partial charge in [0.1, 0.15) is 6.26 Å². The summed E-state index contributed by atoms with van der Waals surface area (Å²) in [6.07, 6.45) is 4.06. The smallest absolute Gasteiger partial charge is 0.317 e. The molecule has 15 heavy (non-hydrogen) atoms. The Morgan fingerprint density at radius 2 is 2.47 bits per heavy atom. The molecular weight excluding hydrogens is 196 g/mol.